The molecule has 3 heterocycles. The summed E-state index contributed by atoms with van der Waals surface area (Å²) in [6, 6.07) is 14.3. The summed E-state index contributed by atoms with van der Waals surface area (Å²) in [6.07, 6.45) is 1.28. The molecule has 0 atom stereocenters. The molecule has 0 bridgehead atoms. The van der Waals surface area contributed by atoms with Crippen molar-refractivity contribution in [3.05, 3.63) is 88.5 Å². The van der Waals surface area contributed by atoms with Crippen LogP contribution in [0, 0.1) is 0 Å². The molecule has 4 aromatic rings. The molecule has 0 aliphatic carbocycles. The molecule has 0 unspecified atom stereocenters. The number of fused-ring (bicyclic) bond motifs is 6. The van der Waals surface area contributed by atoms with Crippen molar-refractivity contribution in [2.75, 3.05) is 5.32 Å². The van der Waals surface area contributed by atoms with Gasteiger partial charge in [0.05, 0.1) is 5.56 Å². The van der Waals surface area contributed by atoms with Crippen molar-refractivity contribution >= 4 is 29.2 Å². The highest BCUT2D eigenvalue weighted by molar-refractivity contribution is 6.28. The fraction of sp³-hybridized carbons (Fsp3) is 0.0435. The van der Waals surface area contributed by atoms with Crippen molar-refractivity contribution in [2.45, 2.75) is 5.60 Å². The second kappa shape index (κ2) is 6.81. The zero-order valence-electron chi connectivity index (χ0n) is 16.6. The van der Waals surface area contributed by atoms with Crippen molar-refractivity contribution in [1.82, 2.24) is 15.0 Å². The Labute approximate surface area is 191 Å². The standard InChI is InChI=1S/C23H13ClN4O5/c24-21-25-10-26-22(28-21)27-11-1-4-14-17(7-11)23(33-20(14)31)15-5-2-12(29)8-18(15)32-19-9-13(30)3-6-16(19)23/h1-10,29-30H,(H,25,26,27,28). The summed E-state index contributed by atoms with van der Waals surface area (Å²) in [6.45, 7) is 0. The van der Waals surface area contributed by atoms with E-state index in [1.54, 1.807) is 30.3 Å². The van der Waals surface area contributed by atoms with Crippen LogP contribution in [0.1, 0.15) is 27.0 Å². The fourth-order valence-electron chi connectivity index (χ4n) is 4.24. The maximum atomic E-state index is 13.0. The Bertz CT molecular complexity index is 1420. The molecule has 1 spiro atoms. The van der Waals surface area contributed by atoms with Crippen molar-refractivity contribution < 1.29 is 24.5 Å². The molecule has 3 aromatic carbocycles. The Kier molecular flexibility index (Phi) is 3.99. The van der Waals surface area contributed by atoms with E-state index in [4.69, 9.17) is 21.1 Å². The molecule has 0 fully saturated rings. The highest BCUT2D eigenvalue weighted by atomic mass is 35.5. The maximum absolute atomic E-state index is 13.0. The minimum absolute atomic E-state index is 0.0146. The van der Waals surface area contributed by atoms with Gasteiger partial charge in [0.25, 0.3) is 0 Å². The summed E-state index contributed by atoms with van der Waals surface area (Å²) in [5, 5.41) is 23.1. The van der Waals surface area contributed by atoms with Gasteiger partial charge in [-0.1, -0.05) is 0 Å². The number of aromatic hydroxyl groups is 2. The number of aromatic nitrogens is 3. The first-order valence-corrected chi connectivity index (χ1v) is 10.2. The molecule has 6 rings (SSSR count). The number of halogens is 1. The lowest BCUT2D eigenvalue weighted by atomic mass is 9.77. The molecule has 162 valence electrons. The van der Waals surface area contributed by atoms with Crippen LogP contribution in [0.25, 0.3) is 0 Å². The van der Waals surface area contributed by atoms with Crippen molar-refractivity contribution in [3.63, 3.8) is 0 Å². The number of benzene rings is 3. The number of nitrogens with zero attached hydrogens (tertiary/aromatic N) is 3. The second-order valence-electron chi connectivity index (χ2n) is 7.50. The van der Waals surface area contributed by atoms with Crippen LogP contribution in [0.5, 0.6) is 23.0 Å². The lowest BCUT2D eigenvalue weighted by Crippen LogP contribution is -2.33. The third kappa shape index (κ3) is 2.86. The maximum Gasteiger partial charge on any atom is 0.340 e. The molecule has 33 heavy (non-hydrogen) atoms. The number of phenolic OH excluding ortho intramolecular Hbond substituents is 2. The van der Waals surface area contributed by atoms with Crippen LogP contribution < -0.4 is 10.1 Å². The molecule has 2 aliphatic rings. The smallest absolute Gasteiger partial charge is 0.340 e. The van der Waals surface area contributed by atoms with Crippen molar-refractivity contribution in [3.8, 4) is 23.0 Å². The topological polar surface area (TPSA) is 127 Å². The Morgan fingerprint density at radius 3 is 2.24 bits per heavy atom. The average molecular weight is 461 g/mol. The Balaban J connectivity index is 1.59. The van der Waals surface area contributed by atoms with Crippen molar-refractivity contribution in [2.24, 2.45) is 0 Å². The van der Waals surface area contributed by atoms with E-state index in [0.717, 1.165) is 0 Å². The molecule has 0 radical (unpaired) electrons. The van der Waals surface area contributed by atoms with Gasteiger partial charge in [-0.05, 0) is 54.1 Å². The summed E-state index contributed by atoms with van der Waals surface area (Å²) < 4.78 is 12.0. The van der Waals surface area contributed by atoms with Gasteiger partial charge in [0.1, 0.15) is 29.3 Å². The number of esters is 1. The predicted octanol–water partition coefficient (Wildman–Crippen LogP) is 4.25. The van der Waals surface area contributed by atoms with Gasteiger partial charge in [0.15, 0.2) is 5.60 Å². The van der Waals surface area contributed by atoms with Gasteiger partial charge in [-0.3, -0.25) is 0 Å². The van der Waals surface area contributed by atoms with E-state index in [9.17, 15) is 15.0 Å². The molecule has 3 N–H and O–H groups in total. The molecule has 0 saturated heterocycles. The molecule has 1 aromatic heterocycles. The number of hydrogen-bond acceptors (Lipinski definition) is 9. The third-order valence-corrected chi connectivity index (χ3v) is 5.75. The zero-order chi connectivity index (χ0) is 22.7. The van der Waals surface area contributed by atoms with Gasteiger partial charge < -0.3 is 25.0 Å². The summed E-state index contributed by atoms with van der Waals surface area (Å²) in [7, 11) is 0. The fourth-order valence-corrected chi connectivity index (χ4v) is 4.37. The quantitative estimate of drug-likeness (QED) is 0.376. The minimum atomic E-state index is -1.36. The van der Waals surface area contributed by atoms with Gasteiger partial charge in [-0.2, -0.15) is 4.98 Å². The number of nitrogens with one attached hydrogen (secondary N) is 1. The molecular formula is C23H13ClN4O5. The van der Waals surface area contributed by atoms with E-state index in [-0.39, 0.29) is 22.7 Å². The summed E-state index contributed by atoms with van der Waals surface area (Å²) in [5.41, 5.74) is 1.22. The Morgan fingerprint density at radius 1 is 0.879 bits per heavy atom. The minimum Gasteiger partial charge on any atom is -0.508 e. The van der Waals surface area contributed by atoms with E-state index in [0.29, 0.717) is 39.4 Å². The third-order valence-electron chi connectivity index (χ3n) is 5.57. The highest BCUT2D eigenvalue weighted by Crippen LogP contribution is 2.57. The van der Waals surface area contributed by atoms with Crippen LogP contribution in [0.15, 0.2) is 60.9 Å². The van der Waals surface area contributed by atoms with Crippen LogP contribution in [-0.2, 0) is 10.3 Å². The molecule has 0 saturated carbocycles. The highest BCUT2D eigenvalue weighted by Gasteiger charge is 2.53. The largest absolute Gasteiger partial charge is 0.508 e. The number of rotatable bonds is 2. The van der Waals surface area contributed by atoms with Gasteiger partial charge in [0.2, 0.25) is 11.2 Å². The predicted molar refractivity (Wildman–Crippen MR) is 116 cm³/mol. The van der Waals surface area contributed by atoms with Gasteiger partial charge in [-0.15, -0.1) is 0 Å². The van der Waals surface area contributed by atoms with E-state index >= 15 is 0 Å². The molecular weight excluding hydrogens is 448 g/mol. The van der Waals surface area contributed by atoms with Crippen molar-refractivity contribution in [1.29, 1.82) is 0 Å². The van der Waals surface area contributed by atoms with Crippen LogP contribution in [0.2, 0.25) is 5.28 Å². The summed E-state index contributed by atoms with van der Waals surface area (Å²) in [5.74, 6) is 0.294. The first-order chi connectivity index (χ1) is 15.9. The SMILES string of the molecule is O=C1OC2(c3ccc(O)cc3Oc3cc(O)ccc32)c2cc(Nc3ncnc(Cl)n3)ccc21. The normalized spacial score (nSPS) is 14.6. The molecule has 10 heteroatoms. The average Bonchev–Trinajstić information content (AvgIpc) is 3.06. The van der Waals surface area contributed by atoms with Crippen LogP contribution in [-0.4, -0.2) is 31.1 Å². The van der Waals surface area contributed by atoms with Crippen LogP contribution in [0.4, 0.5) is 11.6 Å². The zero-order valence-corrected chi connectivity index (χ0v) is 17.4. The summed E-state index contributed by atoms with van der Waals surface area (Å²) in [4.78, 5) is 24.8. The number of phenols is 2. The van der Waals surface area contributed by atoms with Gasteiger partial charge >= 0.3 is 5.97 Å². The summed E-state index contributed by atoms with van der Waals surface area (Å²) >= 11 is 5.86. The Hall–Kier alpha value is -4.37. The van der Waals surface area contributed by atoms with E-state index in [2.05, 4.69) is 20.3 Å². The number of carbonyl (C=O) groups is 1. The molecule has 2 aliphatic heterocycles. The van der Waals surface area contributed by atoms with E-state index in [1.807, 2.05) is 0 Å². The Morgan fingerprint density at radius 2 is 1.58 bits per heavy atom. The van der Waals surface area contributed by atoms with Gasteiger partial charge in [-0.25, -0.2) is 14.8 Å². The number of anilines is 2. The van der Waals surface area contributed by atoms with Crippen LogP contribution in [0.3, 0.4) is 0 Å². The first-order valence-electron chi connectivity index (χ1n) is 9.78. The number of hydrogen-bond donors (Lipinski definition) is 3. The van der Waals surface area contributed by atoms with E-state index < -0.39 is 11.6 Å². The lowest BCUT2D eigenvalue weighted by Gasteiger charge is -2.36. The number of ether oxygens (including phenoxy) is 2. The first kappa shape index (κ1) is 19.3. The number of carbonyl (C=O) groups excluding carboxylic acids is 1. The molecule has 0 amide bonds. The molecule has 9 nitrogen and oxygen atoms in total. The second-order valence-corrected chi connectivity index (χ2v) is 7.84. The monoisotopic (exact) mass is 460 g/mol. The van der Waals surface area contributed by atoms with Crippen LogP contribution >= 0.6 is 11.6 Å². The van der Waals surface area contributed by atoms with E-state index in [1.165, 1.54) is 30.6 Å². The van der Waals surface area contributed by atoms with Gasteiger partial charge in [0, 0.05) is 34.5 Å². The lowest BCUT2D eigenvalue weighted by molar-refractivity contribution is 0.0224.